The van der Waals surface area contributed by atoms with E-state index in [0.717, 1.165) is 17.3 Å². The molecule has 0 atom stereocenters. The maximum absolute atomic E-state index is 13.3. The van der Waals surface area contributed by atoms with Gasteiger partial charge in [-0.25, -0.2) is 9.07 Å². The average molecular weight is 429 g/mol. The largest absolute Gasteiger partial charge is 0.465 e. The molecule has 156 valence electrons. The molecule has 0 bridgehead atoms. The molecule has 0 unspecified atom stereocenters. The second-order valence-corrected chi connectivity index (χ2v) is 7.03. The van der Waals surface area contributed by atoms with E-state index in [1.807, 2.05) is 30.3 Å². The summed E-state index contributed by atoms with van der Waals surface area (Å²) >= 11 is 1.08. The summed E-state index contributed by atoms with van der Waals surface area (Å²) in [6, 6.07) is 14.6. The Balaban J connectivity index is 1.73. The molecule has 2 aromatic carbocycles. The highest BCUT2D eigenvalue weighted by Gasteiger charge is 2.22. The number of aromatic nitrogens is 3. The molecule has 0 spiro atoms. The zero-order chi connectivity index (χ0) is 21.5. The number of halogens is 1. The van der Waals surface area contributed by atoms with E-state index in [1.165, 1.54) is 33.8 Å². The van der Waals surface area contributed by atoms with Crippen LogP contribution in [-0.4, -0.2) is 45.7 Å². The molecule has 8 nitrogen and oxygen atoms in total. The van der Waals surface area contributed by atoms with Crippen LogP contribution >= 0.6 is 11.8 Å². The number of carbonyl (C=O) groups is 2. The van der Waals surface area contributed by atoms with Crippen LogP contribution in [0.2, 0.25) is 0 Å². The maximum atomic E-state index is 13.3. The third-order valence-corrected chi connectivity index (χ3v) is 4.98. The summed E-state index contributed by atoms with van der Waals surface area (Å²) in [6.07, 6.45) is 0. The third kappa shape index (κ3) is 5.15. The van der Waals surface area contributed by atoms with Gasteiger partial charge in [-0.3, -0.25) is 9.59 Å². The van der Waals surface area contributed by atoms with Gasteiger partial charge in [-0.2, -0.15) is 0 Å². The van der Waals surface area contributed by atoms with E-state index in [4.69, 9.17) is 10.6 Å². The van der Waals surface area contributed by atoms with Crippen LogP contribution in [0.4, 0.5) is 10.1 Å². The number of nitrogens with two attached hydrogens (primary N) is 1. The minimum Gasteiger partial charge on any atom is -0.465 e. The van der Waals surface area contributed by atoms with Gasteiger partial charge in [0.2, 0.25) is 11.1 Å². The second-order valence-electron chi connectivity index (χ2n) is 6.09. The number of amides is 1. The Labute approximate surface area is 176 Å². The Bertz CT molecular complexity index is 1010. The van der Waals surface area contributed by atoms with E-state index in [9.17, 15) is 14.0 Å². The van der Waals surface area contributed by atoms with E-state index in [-0.39, 0.29) is 24.8 Å². The summed E-state index contributed by atoms with van der Waals surface area (Å²) < 4.78 is 19.5. The number of anilines is 1. The Hall–Kier alpha value is -3.40. The monoisotopic (exact) mass is 429 g/mol. The van der Waals surface area contributed by atoms with E-state index >= 15 is 0 Å². The first kappa shape index (κ1) is 21.3. The lowest BCUT2D eigenvalue weighted by Gasteiger charge is -2.21. The first-order valence-electron chi connectivity index (χ1n) is 9.10. The summed E-state index contributed by atoms with van der Waals surface area (Å²) in [5.74, 6) is 5.10. The number of carbonyl (C=O) groups excluding carboxylic acids is 2. The first-order chi connectivity index (χ1) is 14.5. The average Bonchev–Trinajstić information content (AvgIpc) is 3.12. The number of hydrogen-bond acceptors (Lipinski definition) is 7. The highest BCUT2D eigenvalue weighted by Crippen LogP contribution is 2.23. The number of nitrogens with zero attached hydrogens (tertiary/aromatic N) is 4. The quantitative estimate of drug-likeness (QED) is 0.333. The van der Waals surface area contributed by atoms with Crippen LogP contribution in [0, 0.1) is 5.82 Å². The predicted octanol–water partition coefficient (Wildman–Crippen LogP) is 2.49. The summed E-state index contributed by atoms with van der Waals surface area (Å²) in [6.45, 7) is 1.58. The molecule has 1 amide bonds. The molecule has 1 heterocycles. The van der Waals surface area contributed by atoms with Crippen LogP contribution in [0.5, 0.6) is 0 Å². The van der Waals surface area contributed by atoms with Gasteiger partial charge in [-0.1, -0.05) is 42.1 Å². The SMILES string of the molecule is CCOC(=O)CN(C(=O)CSc1nnc(-c2ccccc2)n1N)c1ccc(F)cc1. The number of ether oxygens (including phenoxy) is 1. The first-order valence-corrected chi connectivity index (χ1v) is 10.1. The predicted molar refractivity (Wildman–Crippen MR) is 112 cm³/mol. The smallest absolute Gasteiger partial charge is 0.326 e. The maximum Gasteiger partial charge on any atom is 0.326 e. The molecule has 0 fully saturated rings. The zero-order valence-electron chi connectivity index (χ0n) is 16.2. The molecule has 30 heavy (non-hydrogen) atoms. The fourth-order valence-electron chi connectivity index (χ4n) is 2.64. The van der Waals surface area contributed by atoms with E-state index in [2.05, 4.69) is 10.2 Å². The zero-order valence-corrected chi connectivity index (χ0v) is 17.0. The molecule has 0 radical (unpaired) electrons. The standard InChI is InChI=1S/C20H20FN5O3S/c1-2-29-18(28)12-25(16-10-8-15(21)9-11-16)17(27)13-30-20-24-23-19(26(20)22)14-6-4-3-5-7-14/h3-11H,2,12-13,22H2,1H3. The normalized spacial score (nSPS) is 10.6. The van der Waals surface area contributed by atoms with Crippen molar-refractivity contribution < 1.29 is 18.7 Å². The lowest BCUT2D eigenvalue weighted by Crippen LogP contribution is -2.37. The van der Waals surface area contributed by atoms with E-state index < -0.39 is 11.8 Å². The Morgan fingerprint density at radius 2 is 1.83 bits per heavy atom. The fraction of sp³-hybridized carbons (Fsp3) is 0.200. The van der Waals surface area contributed by atoms with Crippen molar-refractivity contribution in [2.45, 2.75) is 12.1 Å². The molecule has 3 aromatic rings. The van der Waals surface area contributed by atoms with Gasteiger partial charge in [-0.15, -0.1) is 10.2 Å². The molecule has 1 aromatic heterocycles. The highest BCUT2D eigenvalue weighted by atomic mass is 32.2. The van der Waals surface area contributed by atoms with Gasteiger partial charge >= 0.3 is 5.97 Å². The van der Waals surface area contributed by atoms with Crippen molar-refractivity contribution in [2.24, 2.45) is 0 Å². The van der Waals surface area contributed by atoms with E-state index in [1.54, 1.807) is 6.92 Å². The molecular formula is C20H20FN5O3S. The second kappa shape index (κ2) is 9.88. The molecule has 0 aliphatic rings. The van der Waals surface area contributed by atoms with Crippen LogP contribution < -0.4 is 10.7 Å². The number of nitrogen functional groups attached to an aromatic ring is 1. The lowest BCUT2D eigenvalue weighted by atomic mass is 10.2. The van der Waals surface area contributed by atoms with Crippen LogP contribution in [0.25, 0.3) is 11.4 Å². The van der Waals surface area contributed by atoms with Crippen LogP contribution in [-0.2, 0) is 14.3 Å². The molecule has 0 saturated carbocycles. The number of rotatable bonds is 8. The molecule has 0 aliphatic carbocycles. The molecule has 2 N–H and O–H groups in total. The van der Waals surface area contributed by atoms with Crippen molar-refractivity contribution in [3.63, 3.8) is 0 Å². The third-order valence-electron chi connectivity index (χ3n) is 4.05. The fourth-order valence-corrected chi connectivity index (χ4v) is 3.38. The molecule has 0 aliphatic heterocycles. The van der Waals surface area contributed by atoms with Gasteiger partial charge in [0.15, 0.2) is 5.82 Å². The molecule has 0 saturated heterocycles. The number of hydrogen-bond donors (Lipinski definition) is 1. The van der Waals surface area contributed by atoms with Gasteiger partial charge in [0.25, 0.3) is 0 Å². The van der Waals surface area contributed by atoms with Gasteiger partial charge in [-0.05, 0) is 31.2 Å². The molecule has 3 rings (SSSR count). The van der Waals surface area contributed by atoms with Crippen molar-refractivity contribution in [3.8, 4) is 11.4 Å². The van der Waals surface area contributed by atoms with Gasteiger partial charge in [0.05, 0.1) is 12.4 Å². The topological polar surface area (TPSA) is 103 Å². The van der Waals surface area contributed by atoms with Crippen molar-refractivity contribution in [2.75, 3.05) is 29.6 Å². The Morgan fingerprint density at radius 3 is 2.50 bits per heavy atom. The lowest BCUT2D eigenvalue weighted by molar-refractivity contribution is -0.142. The van der Waals surface area contributed by atoms with Crippen LogP contribution in [0.3, 0.4) is 0 Å². The number of benzene rings is 2. The van der Waals surface area contributed by atoms with Gasteiger partial charge < -0.3 is 15.5 Å². The van der Waals surface area contributed by atoms with Crippen molar-refractivity contribution in [3.05, 3.63) is 60.4 Å². The van der Waals surface area contributed by atoms with Crippen molar-refractivity contribution >= 4 is 29.3 Å². The van der Waals surface area contributed by atoms with Crippen molar-refractivity contribution in [1.82, 2.24) is 14.9 Å². The van der Waals surface area contributed by atoms with Crippen LogP contribution in [0.1, 0.15) is 6.92 Å². The summed E-state index contributed by atoms with van der Waals surface area (Å²) in [5.41, 5.74) is 1.18. The Kier molecular flexibility index (Phi) is 7.02. The van der Waals surface area contributed by atoms with E-state index in [0.29, 0.717) is 16.7 Å². The summed E-state index contributed by atoms with van der Waals surface area (Å²) in [7, 11) is 0. The van der Waals surface area contributed by atoms with Crippen LogP contribution in [0.15, 0.2) is 59.8 Å². The highest BCUT2D eigenvalue weighted by molar-refractivity contribution is 7.99. The molecule has 10 heteroatoms. The van der Waals surface area contributed by atoms with Gasteiger partial charge in [0, 0.05) is 11.3 Å². The summed E-state index contributed by atoms with van der Waals surface area (Å²) in [5, 5.41) is 8.46. The number of thioether (sulfide) groups is 1. The Morgan fingerprint density at radius 1 is 1.13 bits per heavy atom. The number of esters is 1. The van der Waals surface area contributed by atoms with Gasteiger partial charge in [0.1, 0.15) is 12.4 Å². The van der Waals surface area contributed by atoms with Crippen molar-refractivity contribution in [1.29, 1.82) is 0 Å². The minimum absolute atomic E-state index is 0.0547. The summed E-state index contributed by atoms with van der Waals surface area (Å²) in [4.78, 5) is 26.0. The minimum atomic E-state index is -0.562. The molecular weight excluding hydrogens is 409 g/mol.